The third-order valence-corrected chi connectivity index (χ3v) is 4.39. The van der Waals surface area contributed by atoms with Gasteiger partial charge in [-0.15, -0.1) is 0 Å². The Morgan fingerprint density at radius 3 is 2.20 bits per heavy atom. The van der Waals surface area contributed by atoms with Crippen molar-refractivity contribution in [1.29, 1.82) is 0 Å². The molecule has 0 bridgehead atoms. The van der Waals surface area contributed by atoms with Gasteiger partial charge in [0.1, 0.15) is 5.82 Å². The van der Waals surface area contributed by atoms with E-state index in [1.54, 1.807) is 12.1 Å². The minimum Gasteiger partial charge on any atom is -0.316 e. The van der Waals surface area contributed by atoms with Crippen molar-refractivity contribution in [1.82, 2.24) is 5.32 Å². The van der Waals surface area contributed by atoms with Crippen molar-refractivity contribution in [2.24, 2.45) is 5.92 Å². The zero-order valence-corrected chi connectivity index (χ0v) is 11.8. The topological polar surface area (TPSA) is 12.0 Å². The Morgan fingerprint density at radius 1 is 1.05 bits per heavy atom. The summed E-state index contributed by atoms with van der Waals surface area (Å²) in [6.07, 6.45) is 3.24. The van der Waals surface area contributed by atoms with Gasteiger partial charge < -0.3 is 5.32 Å². The molecule has 0 heterocycles. The van der Waals surface area contributed by atoms with Gasteiger partial charge in [0, 0.05) is 6.04 Å². The molecule has 0 spiro atoms. The van der Waals surface area contributed by atoms with E-state index in [4.69, 9.17) is 0 Å². The van der Waals surface area contributed by atoms with Gasteiger partial charge in [0.2, 0.25) is 0 Å². The molecule has 1 unspecified atom stereocenters. The minimum atomic E-state index is -0.164. The van der Waals surface area contributed by atoms with Gasteiger partial charge in [-0.3, -0.25) is 0 Å². The van der Waals surface area contributed by atoms with Gasteiger partial charge in [-0.2, -0.15) is 0 Å². The van der Waals surface area contributed by atoms with Crippen LogP contribution in [0.4, 0.5) is 4.39 Å². The van der Waals surface area contributed by atoms with Gasteiger partial charge in [0.15, 0.2) is 0 Å². The van der Waals surface area contributed by atoms with E-state index in [9.17, 15) is 4.39 Å². The summed E-state index contributed by atoms with van der Waals surface area (Å²) in [5.41, 5.74) is 4.16. The summed E-state index contributed by atoms with van der Waals surface area (Å²) in [7, 11) is 2.02. The second-order valence-corrected chi connectivity index (χ2v) is 5.66. The van der Waals surface area contributed by atoms with Crippen LogP contribution in [-0.4, -0.2) is 13.1 Å². The van der Waals surface area contributed by atoms with E-state index >= 15 is 0 Å². The van der Waals surface area contributed by atoms with Crippen LogP contribution in [0.2, 0.25) is 0 Å². The summed E-state index contributed by atoms with van der Waals surface area (Å²) in [4.78, 5) is 0. The lowest BCUT2D eigenvalue weighted by Crippen LogP contribution is -2.36. The summed E-state index contributed by atoms with van der Waals surface area (Å²) in [6.45, 7) is 0. The molecule has 3 rings (SSSR count). The van der Waals surface area contributed by atoms with Crippen LogP contribution in [0.15, 0.2) is 48.5 Å². The fraction of sp³-hybridized carbons (Fsp3) is 0.333. The first-order valence-corrected chi connectivity index (χ1v) is 7.25. The number of benzene rings is 2. The highest BCUT2D eigenvalue weighted by Crippen LogP contribution is 2.29. The normalized spacial score (nSPS) is 16.1. The number of fused-ring (bicyclic) bond motifs is 1. The molecule has 1 nitrogen and oxygen atoms in total. The maximum atomic E-state index is 13.0. The molecule has 20 heavy (non-hydrogen) atoms. The number of rotatable bonds is 4. The predicted molar refractivity (Wildman–Crippen MR) is 80.3 cm³/mol. The Kier molecular flexibility index (Phi) is 3.83. The van der Waals surface area contributed by atoms with Crippen LogP contribution in [0.1, 0.15) is 16.7 Å². The van der Waals surface area contributed by atoms with Crippen LogP contribution >= 0.6 is 0 Å². The van der Waals surface area contributed by atoms with E-state index < -0.39 is 0 Å². The van der Waals surface area contributed by atoms with Crippen LogP contribution in [0, 0.1) is 11.7 Å². The quantitative estimate of drug-likeness (QED) is 0.897. The number of nitrogens with one attached hydrogen (secondary N) is 1. The number of halogens is 1. The molecule has 1 aliphatic rings. The summed E-state index contributed by atoms with van der Waals surface area (Å²) in [5, 5.41) is 3.45. The van der Waals surface area contributed by atoms with Crippen molar-refractivity contribution in [3.8, 4) is 0 Å². The first-order chi connectivity index (χ1) is 9.76. The fourth-order valence-corrected chi connectivity index (χ4v) is 3.26. The van der Waals surface area contributed by atoms with Crippen molar-refractivity contribution in [2.45, 2.75) is 25.3 Å². The highest BCUT2D eigenvalue weighted by atomic mass is 19.1. The SMILES string of the molecule is CNC(Cc1ccc(F)cc1)C1Cc2ccccc2C1. The molecule has 0 aromatic heterocycles. The third-order valence-electron chi connectivity index (χ3n) is 4.39. The second kappa shape index (κ2) is 5.76. The largest absolute Gasteiger partial charge is 0.316 e. The Labute approximate surface area is 119 Å². The summed E-state index contributed by atoms with van der Waals surface area (Å²) < 4.78 is 13.0. The first kappa shape index (κ1) is 13.3. The molecule has 104 valence electrons. The smallest absolute Gasteiger partial charge is 0.123 e. The van der Waals surface area contributed by atoms with Gasteiger partial charge >= 0.3 is 0 Å². The molecular weight excluding hydrogens is 249 g/mol. The molecule has 1 aliphatic carbocycles. The van der Waals surface area contributed by atoms with E-state index in [1.807, 2.05) is 19.2 Å². The first-order valence-electron chi connectivity index (χ1n) is 7.25. The number of hydrogen-bond acceptors (Lipinski definition) is 1. The Bertz CT molecular complexity index is 551. The molecule has 0 amide bonds. The van der Waals surface area contributed by atoms with Gasteiger partial charge in [-0.25, -0.2) is 4.39 Å². The molecule has 1 N–H and O–H groups in total. The molecule has 0 fully saturated rings. The molecular formula is C18H20FN. The van der Waals surface area contributed by atoms with E-state index in [0.29, 0.717) is 12.0 Å². The highest BCUT2D eigenvalue weighted by Gasteiger charge is 2.27. The monoisotopic (exact) mass is 269 g/mol. The molecule has 2 heteroatoms. The van der Waals surface area contributed by atoms with Crippen molar-refractivity contribution in [3.63, 3.8) is 0 Å². The summed E-state index contributed by atoms with van der Waals surface area (Å²) in [5.74, 6) is 0.463. The van der Waals surface area contributed by atoms with Gasteiger partial charge in [-0.05, 0) is 61.1 Å². The molecule has 2 aromatic rings. The van der Waals surface area contributed by atoms with Gasteiger partial charge in [0.05, 0.1) is 0 Å². The van der Waals surface area contributed by atoms with Crippen LogP contribution in [0.25, 0.3) is 0 Å². The van der Waals surface area contributed by atoms with Crippen molar-refractivity contribution >= 4 is 0 Å². The molecule has 0 saturated heterocycles. The molecule has 0 aliphatic heterocycles. The number of hydrogen-bond donors (Lipinski definition) is 1. The Morgan fingerprint density at radius 2 is 1.65 bits per heavy atom. The Hall–Kier alpha value is -1.67. The maximum absolute atomic E-state index is 13.0. The zero-order chi connectivity index (χ0) is 13.9. The lowest BCUT2D eigenvalue weighted by molar-refractivity contribution is 0.383. The average Bonchev–Trinajstić information content (AvgIpc) is 2.90. The van der Waals surface area contributed by atoms with Crippen LogP contribution < -0.4 is 5.32 Å². The molecule has 0 saturated carbocycles. The van der Waals surface area contributed by atoms with Crippen LogP contribution in [0.5, 0.6) is 0 Å². The molecule has 2 aromatic carbocycles. The van der Waals surface area contributed by atoms with E-state index in [1.165, 1.54) is 16.7 Å². The average molecular weight is 269 g/mol. The van der Waals surface area contributed by atoms with Crippen LogP contribution in [0.3, 0.4) is 0 Å². The summed E-state index contributed by atoms with van der Waals surface area (Å²) in [6, 6.07) is 16.0. The maximum Gasteiger partial charge on any atom is 0.123 e. The third kappa shape index (κ3) is 2.75. The zero-order valence-electron chi connectivity index (χ0n) is 11.8. The van der Waals surface area contributed by atoms with Gasteiger partial charge in [0.25, 0.3) is 0 Å². The lowest BCUT2D eigenvalue weighted by atomic mass is 9.91. The summed E-state index contributed by atoms with van der Waals surface area (Å²) >= 11 is 0. The van der Waals surface area contributed by atoms with Gasteiger partial charge in [-0.1, -0.05) is 36.4 Å². The minimum absolute atomic E-state index is 0.164. The standard InChI is InChI=1S/C18H20FN/c1-20-18(10-13-6-8-17(19)9-7-13)16-11-14-4-2-3-5-15(14)12-16/h2-9,16,18,20H,10-12H2,1H3. The highest BCUT2D eigenvalue weighted by molar-refractivity contribution is 5.33. The van der Waals surface area contributed by atoms with Crippen LogP contribution in [-0.2, 0) is 19.3 Å². The second-order valence-electron chi connectivity index (χ2n) is 5.66. The number of likely N-dealkylation sites (N-methyl/N-ethyl adjacent to an activating group) is 1. The van der Waals surface area contributed by atoms with Crippen molar-refractivity contribution in [3.05, 3.63) is 71.0 Å². The van der Waals surface area contributed by atoms with E-state index in [0.717, 1.165) is 19.3 Å². The lowest BCUT2D eigenvalue weighted by Gasteiger charge is -2.23. The Balaban J connectivity index is 1.71. The molecule has 1 atom stereocenters. The van der Waals surface area contributed by atoms with E-state index in [2.05, 4.69) is 29.6 Å². The fourth-order valence-electron chi connectivity index (χ4n) is 3.26. The van der Waals surface area contributed by atoms with Crippen molar-refractivity contribution < 1.29 is 4.39 Å². The van der Waals surface area contributed by atoms with E-state index in [-0.39, 0.29) is 5.82 Å². The van der Waals surface area contributed by atoms with Crippen molar-refractivity contribution in [2.75, 3.05) is 7.05 Å². The molecule has 0 radical (unpaired) electrons. The predicted octanol–water partition coefficient (Wildman–Crippen LogP) is 3.37.